The summed E-state index contributed by atoms with van der Waals surface area (Å²) in [5, 5.41) is 9.32. The number of carboxylic acids is 1. The van der Waals surface area contributed by atoms with Crippen molar-refractivity contribution in [3.05, 3.63) is 59.7 Å². The monoisotopic (exact) mass is 418 g/mol. The van der Waals surface area contributed by atoms with E-state index in [1.54, 1.807) is 18.2 Å². The maximum atomic E-state index is 12.8. The van der Waals surface area contributed by atoms with Gasteiger partial charge in [-0.15, -0.1) is 0 Å². The molecule has 29 heavy (non-hydrogen) atoms. The summed E-state index contributed by atoms with van der Waals surface area (Å²) in [4.78, 5) is 25.6. The first kappa shape index (κ1) is 22.6. The lowest BCUT2D eigenvalue weighted by atomic mass is 10.1. The van der Waals surface area contributed by atoms with E-state index in [2.05, 4.69) is 0 Å². The zero-order valence-corrected chi connectivity index (χ0v) is 17.6. The molecule has 1 N–H and O–H groups in total. The van der Waals surface area contributed by atoms with Gasteiger partial charge in [0, 0.05) is 25.7 Å². The van der Waals surface area contributed by atoms with Crippen LogP contribution in [0, 0.1) is 0 Å². The number of sulfonamides is 1. The van der Waals surface area contributed by atoms with Crippen LogP contribution in [-0.4, -0.2) is 49.8 Å². The van der Waals surface area contributed by atoms with E-state index >= 15 is 0 Å². The molecule has 156 valence electrons. The highest BCUT2D eigenvalue weighted by Gasteiger charge is 2.24. The molecule has 0 bridgehead atoms. The molecule has 0 atom stereocenters. The lowest BCUT2D eigenvalue weighted by molar-refractivity contribution is 0.0697. The van der Waals surface area contributed by atoms with Crippen molar-refractivity contribution in [1.29, 1.82) is 0 Å². The molecule has 0 unspecified atom stereocenters. The van der Waals surface area contributed by atoms with E-state index in [4.69, 9.17) is 0 Å². The lowest BCUT2D eigenvalue weighted by Crippen LogP contribution is -2.32. The van der Waals surface area contributed by atoms with E-state index in [-0.39, 0.29) is 21.7 Å². The Morgan fingerprint density at radius 2 is 1.48 bits per heavy atom. The Hall–Kier alpha value is -2.71. The second-order valence-corrected chi connectivity index (χ2v) is 8.55. The normalized spacial score (nSPS) is 11.4. The number of carbonyl (C=O) groups is 2. The van der Waals surface area contributed by atoms with Gasteiger partial charge in [-0.3, -0.25) is 4.79 Å². The first-order valence-corrected chi connectivity index (χ1v) is 10.9. The summed E-state index contributed by atoms with van der Waals surface area (Å²) >= 11 is 0. The quantitative estimate of drug-likeness (QED) is 0.673. The second-order valence-electron chi connectivity index (χ2n) is 6.61. The number of aromatic carboxylic acids is 1. The van der Waals surface area contributed by atoms with Crippen LogP contribution in [-0.2, 0) is 10.0 Å². The molecule has 7 nitrogen and oxygen atoms in total. The average molecular weight is 419 g/mol. The highest BCUT2D eigenvalue weighted by Crippen LogP contribution is 2.22. The van der Waals surface area contributed by atoms with Crippen LogP contribution in [0.25, 0.3) is 0 Å². The van der Waals surface area contributed by atoms with Crippen LogP contribution < -0.4 is 4.90 Å². The molecule has 0 aliphatic rings. The van der Waals surface area contributed by atoms with Gasteiger partial charge in [-0.1, -0.05) is 26.0 Å². The number of para-hydroxylation sites is 1. The Kier molecular flexibility index (Phi) is 7.53. The lowest BCUT2D eigenvalue weighted by Gasteiger charge is -2.22. The fraction of sp³-hybridized carbons (Fsp3) is 0.333. The Bertz CT molecular complexity index is 965. The van der Waals surface area contributed by atoms with Gasteiger partial charge in [0.2, 0.25) is 10.0 Å². The van der Waals surface area contributed by atoms with Crippen LogP contribution in [0.15, 0.2) is 53.4 Å². The maximum Gasteiger partial charge on any atom is 0.337 e. The number of nitrogens with zero attached hydrogens (tertiary/aromatic N) is 2. The molecule has 0 fully saturated rings. The zero-order chi connectivity index (χ0) is 21.6. The van der Waals surface area contributed by atoms with E-state index in [9.17, 15) is 23.1 Å². The van der Waals surface area contributed by atoms with Gasteiger partial charge < -0.3 is 10.0 Å². The Morgan fingerprint density at radius 1 is 0.931 bits per heavy atom. The molecule has 2 rings (SSSR count). The Balaban J connectivity index is 2.30. The number of benzene rings is 2. The number of carbonyl (C=O) groups excluding carboxylic acids is 1. The van der Waals surface area contributed by atoms with Gasteiger partial charge in [-0.25, -0.2) is 13.2 Å². The molecule has 0 aromatic heterocycles. The molecular weight excluding hydrogens is 392 g/mol. The van der Waals surface area contributed by atoms with Crippen LogP contribution in [0.3, 0.4) is 0 Å². The number of rotatable bonds is 9. The minimum Gasteiger partial charge on any atom is -0.478 e. The minimum absolute atomic E-state index is 0.0114. The van der Waals surface area contributed by atoms with Crippen LogP contribution in [0.1, 0.15) is 47.4 Å². The van der Waals surface area contributed by atoms with Gasteiger partial charge in [-0.05, 0) is 49.2 Å². The average Bonchev–Trinajstić information content (AvgIpc) is 2.72. The molecule has 8 heteroatoms. The third kappa shape index (κ3) is 5.02. The summed E-state index contributed by atoms with van der Waals surface area (Å²) in [6.07, 6.45) is 1.42. The van der Waals surface area contributed by atoms with Gasteiger partial charge in [0.1, 0.15) is 0 Å². The molecule has 0 aliphatic heterocycles. The molecule has 0 radical (unpaired) electrons. The number of hydrogen-bond donors (Lipinski definition) is 1. The summed E-state index contributed by atoms with van der Waals surface area (Å²) < 4.78 is 27.1. The molecule has 0 spiro atoms. The summed E-state index contributed by atoms with van der Waals surface area (Å²) in [5.74, 6) is -1.56. The first-order chi connectivity index (χ1) is 13.7. The zero-order valence-electron chi connectivity index (χ0n) is 16.8. The van der Waals surface area contributed by atoms with Crippen molar-refractivity contribution in [3.8, 4) is 0 Å². The van der Waals surface area contributed by atoms with Crippen LogP contribution >= 0.6 is 0 Å². The van der Waals surface area contributed by atoms with Crippen molar-refractivity contribution in [2.24, 2.45) is 0 Å². The first-order valence-electron chi connectivity index (χ1n) is 9.44. The summed E-state index contributed by atoms with van der Waals surface area (Å²) in [5.41, 5.74) is 0.542. The molecule has 0 heterocycles. The van der Waals surface area contributed by atoms with Gasteiger partial charge in [0.15, 0.2) is 0 Å². The van der Waals surface area contributed by atoms with E-state index in [0.29, 0.717) is 25.9 Å². The maximum absolute atomic E-state index is 12.8. The molecule has 0 saturated carbocycles. The fourth-order valence-electron chi connectivity index (χ4n) is 3.02. The highest BCUT2D eigenvalue weighted by atomic mass is 32.2. The molecule has 0 saturated heterocycles. The number of hydrogen-bond acceptors (Lipinski definition) is 4. The molecular formula is C21H26N2O5S. The van der Waals surface area contributed by atoms with Crippen molar-refractivity contribution < 1.29 is 23.1 Å². The number of anilines is 1. The predicted molar refractivity (Wildman–Crippen MR) is 112 cm³/mol. The minimum atomic E-state index is -3.63. The van der Waals surface area contributed by atoms with Gasteiger partial charge in [0.05, 0.1) is 16.1 Å². The topological polar surface area (TPSA) is 95.0 Å². The standard InChI is InChI=1S/C21H26N2O5S/c1-4-14-23(15-5-2)29(27,28)17-12-10-16(11-13-17)20(24)22(3)19-9-7-6-8-18(19)21(25)26/h6-13H,4-5,14-15H2,1-3H3,(H,25,26). The van der Waals surface area contributed by atoms with Gasteiger partial charge in [-0.2, -0.15) is 4.31 Å². The molecule has 1 amide bonds. The van der Waals surface area contributed by atoms with Gasteiger partial charge in [0.25, 0.3) is 5.91 Å². The molecule has 0 aliphatic carbocycles. The van der Waals surface area contributed by atoms with Crippen molar-refractivity contribution in [3.63, 3.8) is 0 Å². The molecule has 2 aromatic rings. The summed E-state index contributed by atoms with van der Waals surface area (Å²) in [6.45, 7) is 4.71. The predicted octanol–water partition coefficient (Wildman–Crippen LogP) is 3.47. The van der Waals surface area contributed by atoms with Crippen molar-refractivity contribution >= 4 is 27.6 Å². The SMILES string of the molecule is CCCN(CCC)S(=O)(=O)c1ccc(C(=O)N(C)c2ccccc2C(=O)O)cc1. The van der Waals surface area contributed by atoms with Crippen molar-refractivity contribution in [2.75, 3.05) is 25.0 Å². The molecule has 2 aromatic carbocycles. The summed E-state index contributed by atoms with van der Waals surface area (Å²) in [6, 6.07) is 11.9. The fourth-order valence-corrected chi connectivity index (χ4v) is 4.64. The van der Waals surface area contributed by atoms with E-state index in [1.807, 2.05) is 13.8 Å². The smallest absolute Gasteiger partial charge is 0.337 e. The third-order valence-electron chi connectivity index (χ3n) is 4.49. The van der Waals surface area contributed by atoms with E-state index < -0.39 is 21.9 Å². The summed E-state index contributed by atoms with van der Waals surface area (Å²) in [7, 11) is -2.14. The van der Waals surface area contributed by atoms with Crippen LogP contribution in [0.4, 0.5) is 5.69 Å². The van der Waals surface area contributed by atoms with Gasteiger partial charge >= 0.3 is 5.97 Å². The van der Waals surface area contributed by atoms with Crippen LogP contribution in [0.5, 0.6) is 0 Å². The Labute approximate surface area is 171 Å². The van der Waals surface area contributed by atoms with Crippen molar-refractivity contribution in [2.45, 2.75) is 31.6 Å². The second kappa shape index (κ2) is 9.67. The highest BCUT2D eigenvalue weighted by molar-refractivity contribution is 7.89. The number of amides is 1. The largest absolute Gasteiger partial charge is 0.478 e. The third-order valence-corrected chi connectivity index (χ3v) is 6.40. The Morgan fingerprint density at radius 3 is 2.00 bits per heavy atom. The van der Waals surface area contributed by atoms with E-state index in [1.165, 1.54) is 46.6 Å². The van der Waals surface area contributed by atoms with Crippen LogP contribution in [0.2, 0.25) is 0 Å². The number of carboxylic acid groups (broad SMARTS) is 1. The van der Waals surface area contributed by atoms with E-state index in [0.717, 1.165) is 0 Å². The van der Waals surface area contributed by atoms with Crippen molar-refractivity contribution in [1.82, 2.24) is 4.31 Å².